The number of amides is 1. The van der Waals surface area contributed by atoms with Crippen LogP contribution in [0.2, 0.25) is 0 Å². The molecule has 0 radical (unpaired) electrons. The SMILES string of the molecule is O=C(COCC(F)(F)F)N(CCc1ccc(F)cc1)C1CCCC1. The van der Waals surface area contributed by atoms with E-state index in [0.717, 1.165) is 31.2 Å². The molecule has 0 aliphatic heterocycles. The molecule has 0 N–H and O–H groups in total. The molecule has 0 unspecified atom stereocenters. The van der Waals surface area contributed by atoms with Crippen LogP contribution in [0.4, 0.5) is 17.6 Å². The first-order valence-electron chi connectivity index (χ1n) is 8.03. The van der Waals surface area contributed by atoms with Crippen LogP contribution in [-0.2, 0) is 16.0 Å². The molecule has 0 aromatic heterocycles. The van der Waals surface area contributed by atoms with E-state index in [0.29, 0.717) is 13.0 Å². The number of rotatable bonds is 7. The predicted molar refractivity (Wildman–Crippen MR) is 80.9 cm³/mol. The van der Waals surface area contributed by atoms with Gasteiger partial charge in [-0.15, -0.1) is 0 Å². The average Bonchev–Trinajstić information content (AvgIpc) is 3.02. The molecule has 0 atom stereocenters. The van der Waals surface area contributed by atoms with Gasteiger partial charge in [-0.3, -0.25) is 4.79 Å². The van der Waals surface area contributed by atoms with Crippen molar-refractivity contribution in [3.8, 4) is 0 Å². The highest BCUT2D eigenvalue weighted by Gasteiger charge is 2.30. The van der Waals surface area contributed by atoms with E-state index in [4.69, 9.17) is 0 Å². The summed E-state index contributed by atoms with van der Waals surface area (Å²) in [7, 11) is 0. The third kappa shape index (κ3) is 6.11. The average molecular weight is 347 g/mol. The summed E-state index contributed by atoms with van der Waals surface area (Å²) in [6.45, 7) is -1.60. The molecule has 1 saturated carbocycles. The Balaban J connectivity index is 1.91. The number of carbonyl (C=O) groups is 1. The smallest absolute Gasteiger partial charge is 0.362 e. The van der Waals surface area contributed by atoms with Gasteiger partial charge in [0.1, 0.15) is 19.0 Å². The zero-order valence-corrected chi connectivity index (χ0v) is 13.3. The van der Waals surface area contributed by atoms with E-state index in [2.05, 4.69) is 4.74 Å². The molecule has 134 valence electrons. The van der Waals surface area contributed by atoms with Crippen molar-refractivity contribution in [2.75, 3.05) is 19.8 Å². The van der Waals surface area contributed by atoms with E-state index in [1.165, 1.54) is 12.1 Å². The quantitative estimate of drug-likeness (QED) is 0.704. The number of halogens is 4. The van der Waals surface area contributed by atoms with E-state index in [1.54, 1.807) is 17.0 Å². The highest BCUT2D eigenvalue weighted by molar-refractivity contribution is 5.77. The van der Waals surface area contributed by atoms with Crippen LogP contribution in [0.5, 0.6) is 0 Å². The van der Waals surface area contributed by atoms with Crippen molar-refractivity contribution in [3.05, 3.63) is 35.6 Å². The van der Waals surface area contributed by atoms with Crippen LogP contribution in [0.1, 0.15) is 31.2 Å². The van der Waals surface area contributed by atoms with Crippen molar-refractivity contribution >= 4 is 5.91 Å². The van der Waals surface area contributed by atoms with Gasteiger partial charge in [-0.1, -0.05) is 25.0 Å². The van der Waals surface area contributed by atoms with E-state index >= 15 is 0 Å². The van der Waals surface area contributed by atoms with Gasteiger partial charge in [0.05, 0.1) is 0 Å². The van der Waals surface area contributed by atoms with Gasteiger partial charge in [-0.2, -0.15) is 13.2 Å². The summed E-state index contributed by atoms with van der Waals surface area (Å²) >= 11 is 0. The van der Waals surface area contributed by atoms with Gasteiger partial charge >= 0.3 is 6.18 Å². The number of ether oxygens (including phenoxy) is 1. The molecule has 24 heavy (non-hydrogen) atoms. The molecule has 1 aromatic carbocycles. The van der Waals surface area contributed by atoms with Crippen molar-refractivity contribution in [2.45, 2.75) is 44.3 Å². The van der Waals surface area contributed by atoms with Gasteiger partial charge in [0.25, 0.3) is 0 Å². The largest absolute Gasteiger partial charge is 0.411 e. The molecular weight excluding hydrogens is 326 g/mol. The van der Waals surface area contributed by atoms with Crippen LogP contribution >= 0.6 is 0 Å². The van der Waals surface area contributed by atoms with Gasteiger partial charge in [0.15, 0.2) is 0 Å². The van der Waals surface area contributed by atoms with E-state index in [-0.39, 0.29) is 11.9 Å². The predicted octanol–water partition coefficient (Wildman–Crippen LogP) is 3.72. The lowest BCUT2D eigenvalue weighted by Gasteiger charge is -2.29. The van der Waals surface area contributed by atoms with Crippen LogP contribution in [-0.4, -0.2) is 42.8 Å². The third-order valence-electron chi connectivity index (χ3n) is 4.13. The Hall–Kier alpha value is -1.63. The molecule has 0 spiro atoms. The highest BCUT2D eigenvalue weighted by atomic mass is 19.4. The van der Waals surface area contributed by atoms with Crippen molar-refractivity contribution in [3.63, 3.8) is 0 Å². The van der Waals surface area contributed by atoms with Gasteiger partial charge in [0, 0.05) is 12.6 Å². The molecular formula is C17H21F4NO2. The Kier molecular flexibility index (Phi) is 6.60. The Morgan fingerprint density at radius 1 is 1.17 bits per heavy atom. The van der Waals surface area contributed by atoms with Crippen LogP contribution in [0.25, 0.3) is 0 Å². The molecule has 1 fully saturated rings. The zero-order valence-electron chi connectivity index (χ0n) is 13.3. The summed E-state index contributed by atoms with van der Waals surface area (Å²) in [6, 6.07) is 6.04. The van der Waals surface area contributed by atoms with Gasteiger partial charge in [0.2, 0.25) is 5.91 Å². The minimum Gasteiger partial charge on any atom is -0.362 e. The molecule has 7 heteroatoms. The van der Waals surface area contributed by atoms with Crippen LogP contribution in [0.15, 0.2) is 24.3 Å². The Morgan fingerprint density at radius 3 is 2.38 bits per heavy atom. The topological polar surface area (TPSA) is 29.5 Å². The first-order chi connectivity index (χ1) is 11.3. The number of hydrogen-bond donors (Lipinski definition) is 0. The minimum absolute atomic E-state index is 0.0486. The lowest BCUT2D eigenvalue weighted by molar-refractivity contribution is -0.178. The Labute approximate surface area is 138 Å². The van der Waals surface area contributed by atoms with Crippen molar-refractivity contribution < 1.29 is 27.1 Å². The molecule has 1 aliphatic carbocycles. The lowest BCUT2D eigenvalue weighted by Crippen LogP contribution is -2.42. The van der Waals surface area contributed by atoms with Crippen LogP contribution < -0.4 is 0 Å². The fraction of sp³-hybridized carbons (Fsp3) is 0.588. The standard InChI is InChI=1S/C17H21F4NO2/c18-14-7-5-13(6-8-14)9-10-22(15-3-1-2-4-15)16(23)11-24-12-17(19,20)21/h5-8,15H,1-4,9-12H2. The van der Waals surface area contributed by atoms with E-state index in [9.17, 15) is 22.4 Å². The lowest BCUT2D eigenvalue weighted by atomic mass is 10.1. The molecule has 0 heterocycles. The molecule has 0 saturated heterocycles. The Bertz CT molecular complexity index is 524. The zero-order chi connectivity index (χ0) is 17.6. The first-order valence-corrected chi connectivity index (χ1v) is 8.03. The number of alkyl halides is 3. The second kappa shape index (κ2) is 8.46. The second-order valence-electron chi connectivity index (χ2n) is 6.01. The summed E-state index contributed by atoms with van der Waals surface area (Å²) in [5, 5.41) is 0. The number of benzene rings is 1. The van der Waals surface area contributed by atoms with Crippen molar-refractivity contribution in [1.82, 2.24) is 4.90 Å². The van der Waals surface area contributed by atoms with Crippen LogP contribution in [0.3, 0.4) is 0 Å². The summed E-state index contributed by atoms with van der Waals surface area (Å²) in [6.07, 6.45) is -0.181. The second-order valence-corrected chi connectivity index (χ2v) is 6.01. The van der Waals surface area contributed by atoms with E-state index in [1.807, 2.05) is 0 Å². The third-order valence-corrected chi connectivity index (χ3v) is 4.13. The van der Waals surface area contributed by atoms with Gasteiger partial charge in [-0.25, -0.2) is 4.39 Å². The fourth-order valence-corrected chi connectivity index (χ4v) is 2.96. The van der Waals surface area contributed by atoms with Crippen molar-refractivity contribution in [1.29, 1.82) is 0 Å². The summed E-state index contributed by atoms with van der Waals surface area (Å²) in [5.41, 5.74) is 0.878. The van der Waals surface area contributed by atoms with Gasteiger partial charge in [-0.05, 0) is 37.0 Å². The molecule has 2 rings (SSSR count). The monoisotopic (exact) mass is 347 g/mol. The maximum absolute atomic E-state index is 12.9. The number of carbonyl (C=O) groups excluding carboxylic acids is 1. The maximum atomic E-state index is 12.9. The molecule has 3 nitrogen and oxygen atoms in total. The fourth-order valence-electron chi connectivity index (χ4n) is 2.96. The van der Waals surface area contributed by atoms with E-state index < -0.39 is 25.3 Å². The molecule has 0 bridgehead atoms. The summed E-state index contributed by atoms with van der Waals surface area (Å²) < 4.78 is 53.8. The normalized spacial score (nSPS) is 15.7. The summed E-state index contributed by atoms with van der Waals surface area (Å²) in [5.74, 6) is -0.753. The van der Waals surface area contributed by atoms with Crippen LogP contribution in [0, 0.1) is 5.82 Å². The minimum atomic E-state index is -4.44. The number of nitrogens with zero attached hydrogens (tertiary/aromatic N) is 1. The maximum Gasteiger partial charge on any atom is 0.411 e. The first kappa shape index (κ1) is 18.7. The molecule has 1 amide bonds. The number of hydrogen-bond acceptors (Lipinski definition) is 2. The highest BCUT2D eigenvalue weighted by Crippen LogP contribution is 2.24. The Morgan fingerprint density at radius 2 is 1.79 bits per heavy atom. The molecule has 1 aromatic rings. The molecule has 1 aliphatic rings. The van der Waals surface area contributed by atoms with Crippen molar-refractivity contribution in [2.24, 2.45) is 0 Å². The van der Waals surface area contributed by atoms with Gasteiger partial charge < -0.3 is 9.64 Å². The summed E-state index contributed by atoms with van der Waals surface area (Å²) in [4.78, 5) is 13.9.